The van der Waals surface area contributed by atoms with Crippen LogP contribution in [0.2, 0.25) is 0 Å². The Bertz CT molecular complexity index is 642. The Balaban J connectivity index is 1.87. The number of benzene rings is 2. The highest BCUT2D eigenvalue weighted by Gasteiger charge is 2.20. The van der Waals surface area contributed by atoms with Crippen LogP contribution < -0.4 is 10.2 Å². The molecule has 2 aromatic carbocycles. The first kappa shape index (κ1) is 12.2. The molecule has 0 aromatic heterocycles. The molecule has 0 radical (unpaired) electrons. The first-order chi connectivity index (χ1) is 9.83. The number of nitrogens with zero attached hydrogens (tertiary/aromatic N) is 1. The molecule has 0 aliphatic carbocycles. The zero-order valence-electron chi connectivity index (χ0n) is 11.9. The summed E-state index contributed by atoms with van der Waals surface area (Å²) in [6.45, 7) is 6.96. The van der Waals surface area contributed by atoms with Gasteiger partial charge in [0.15, 0.2) is 0 Å². The summed E-state index contributed by atoms with van der Waals surface area (Å²) >= 11 is 0. The molecule has 2 heterocycles. The zero-order chi connectivity index (χ0) is 13.5. The SMILES string of the molecule is C[C@@H]1CN(c2ccc3c4c(cccc24)COC3)CCN1. The number of hydrogen-bond donors (Lipinski definition) is 1. The standard InChI is InChI=1S/C17H20N2O/c1-12-9-19(8-7-18-12)16-6-5-14-11-20-10-13-3-2-4-15(16)17(13)14/h2-6,12,18H,7-11H2,1H3/t12-/m1/s1. The Morgan fingerprint density at radius 1 is 1.15 bits per heavy atom. The fraction of sp³-hybridized carbons (Fsp3) is 0.412. The molecule has 1 N–H and O–H groups in total. The molecule has 2 aromatic rings. The Labute approximate surface area is 119 Å². The summed E-state index contributed by atoms with van der Waals surface area (Å²) in [4.78, 5) is 2.51. The molecule has 0 bridgehead atoms. The van der Waals surface area contributed by atoms with Gasteiger partial charge in [-0.3, -0.25) is 0 Å². The molecule has 0 saturated carbocycles. The second kappa shape index (κ2) is 4.76. The number of nitrogens with one attached hydrogen (secondary N) is 1. The van der Waals surface area contributed by atoms with Crippen LogP contribution >= 0.6 is 0 Å². The van der Waals surface area contributed by atoms with Crippen LogP contribution in [0.1, 0.15) is 18.1 Å². The van der Waals surface area contributed by atoms with Crippen molar-refractivity contribution < 1.29 is 4.74 Å². The number of ether oxygens (including phenoxy) is 1. The van der Waals surface area contributed by atoms with Crippen molar-refractivity contribution in [2.45, 2.75) is 26.2 Å². The summed E-state index contributed by atoms with van der Waals surface area (Å²) in [5.41, 5.74) is 4.03. The summed E-state index contributed by atoms with van der Waals surface area (Å²) in [6.07, 6.45) is 0. The Kier molecular flexibility index (Phi) is 2.90. The van der Waals surface area contributed by atoms with Gasteiger partial charge in [-0.15, -0.1) is 0 Å². The molecule has 1 atom stereocenters. The van der Waals surface area contributed by atoms with Crippen LogP contribution in [-0.4, -0.2) is 25.7 Å². The van der Waals surface area contributed by atoms with E-state index in [9.17, 15) is 0 Å². The van der Waals surface area contributed by atoms with Crippen LogP contribution in [0.4, 0.5) is 5.69 Å². The Morgan fingerprint density at radius 3 is 2.85 bits per heavy atom. The summed E-state index contributed by atoms with van der Waals surface area (Å²) in [5.74, 6) is 0. The molecule has 104 valence electrons. The number of rotatable bonds is 1. The lowest BCUT2D eigenvalue weighted by molar-refractivity contribution is 0.103. The molecule has 0 amide bonds. The Morgan fingerprint density at radius 2 is 2.00 bits per heavy atom. The van der Waals surface area contributed by atoms with Gasteiger partial charge in [-0.25, -0.2) is 0 Å². The predicted octanol–water partition coefficient (Wildman–Crippen LogP) is 2.67. The van der Waals surface area contributed by atoms with E-state index in [0.717, 1.165) is 32.8 Å². The molecule has 2 aliphatic heterocycles. The molecule has 1 saturated heterocycles. The van der Waals surface area contributed by atoms with Crippen LogP contribution in [0.15, 0.2) is 30.3 Å². The summed E-state index contributed by atoms with van der Waals surface area (Å²) < 4.78 is 5.66. The molecule has 3 heteroatoms. The third-order valence-electron chi connectivity index (χ3n) is 4.41. The highest BCUT2D eigenvalue weighted by Crippen LogP contribution is 2.35. The second-order valence-corrected chi connectivity index (χ2v) is 5.88. The van der Waals surface area contributed by atoms with Crippen molar-refractivity contribution in [3.63, 3.8) is 0 Å². The highest BCUT2D eigenvalue weighted by molar-refractivity contribution is 5.98. The number of anilines is 1. The minimum atomic E-state index is 0.554. The van der Waals surface area contributed by atoms with E-state index in [-0.39, 0.29) is 0 Å². The zero-order valence-corrected chi connectivity index (χ0v) is 11.9. The van der Waals surface area contributed by atoms with Crippen LogP contribution in [-0.2, 0) is 18.0 Å². The minimum Gasteiger partial charge on any atom is -0.372 e. The van der Waals surface area contributed by atoms with Crippen LogP contribution in [0, 0.1) is 0 Å². The first-order valence-electron chi connectivity index (χ1n) is 7.42. The van der Waals surface area contributed by atoms with E-state index >= 15 is 0 Å². The predicted molar refractivity (Wildman–Crippen MR) is 82.1 cm³/mol. The van der Waals surface area contributed by atoms with Gasteiger partial charge in [0.05, 0.1) is 13.2 Å². The quantitative estimate of drug-likeness (QED) is 0.860. The summed E-state index contributed by atoms with van der Waals surface area (Å²) in [6, 6.07) is 11.7. The van der Waals surface area contributed by atoms with E-state index in [1.807, 2.05) is 0 Å². The maximum Gasteiger partial charge on any atom is 0.0727 e. The molecule has 1 fully saturated rings. The molecular weight excluding hydrogens is 248 g/mol. The maximum absolute atomic E-state index is 5.66. The smallest absolute Gasteiger partial charge is 0.0727 e. The van der Waals surface area contributed by atoms with Crippen LogP contribution in [0.3, 0.4) is 0 Å². The van der Waals surface area contributed by atoms with E-state index in [2.05, 4.69) is 47.5 Å². The van der Waals surface area contributed by atoms with Crippen molar-refractivity contribution in [1.82, 2.24) is 5.32 Å². The Hall–Kier alpha value is -1.58. The van der Waals surface area contributed by atoms with Gasteiger partial charge in [0.2, 0.25) is 0 Å². The minimum absolute atomic E-state index is 0.554. The molecule has 2 aliphatic rings. The third kappa shape index (κ3) is 1.89. The van der Waals surface area contributed by atoms with E-state index in [4.69, 9.17) is 4.74 Å². The highest BCUT2D eigenvalue weighted by atomic mass is 16.5. The van der Waals surface area contributed by atoms with Gasteiger partial charge >= 0.3 is 0 Å². The van der Waals surface area contributed by atoms with E-state index in [1.165, 1.54) is 27.6 Å². The van der Waals surface area contributed by atoms with E-state index < -0.39 is 0 Å². The van der Waals surface area contributed by atoms with Gasteiger partial charge in [-0.1, -0.05) is 24.3 Å². The van der Waals surface area contributed by atoms with Gasteiger partial charge in [-0.2, -0.15) is 0 Å². The molecule has 3 nitrogen and oxygen atoms in total. The molecular formula is C17H20N2O. The largest absolute Gasteiger partial charge is 0.372 e. The normalized spacial score (nSPS) is 22.2. The van der Waals surface area contributed by atoms with E-state index in [0.29, 0.717) is 6.04 Å². The lowest BCUT2D eigenvalue weighted by Gasteiger charge is -2.35. The summed E-state index contributed by atoms with van der Waals surface area (Å²) in [5, 5.41) is 6.32. The number of hydrogen-bond acceptors (Lipinski definition) is 3. The third-order valence-corrected chi connectivity index (χ3v) is 4.41. The first-order valence-corrected chi connectivity index (χ1v) is 7.42. The lowest BCUT2D eigenvalue weighted by Crippen LogP contribution is -2.49. The average Bonchev–Trinajstić information content (AvgIpc) is 2.48. The van der Waals surface area contributed by atoms with E-state index in [1.54, 1.807) is 0 Å². The molecule has 20 heavy (non-hydrogen) atoms. The lowest BCUT2D eigenvalue weighted by atomic mass is 9.96. The molecule has 4 rings (SSSR count). The van der Waals surface area contributed by atoms with Gasteiger partial charge in [0.25, 0.3) is 0 Å². The second-order valence-electron chi connectivity index (χ2n) is 5.88. The van der Waals surface area contributed by atoms with Crippen LogP contribution in [0.5, 0.6) is 0 Å². The monoisotopic (exact) mass is 268 g/mol. The van der Waals surface area contributed by atoms with Crippen molar-refractivity contribution in [3.8, 4) is 0 Å². The molecule has 0 spiro atoms. The van der Waals surface area contributed by atoms with Crippen LogP contribution in [0.25, 0.3) is 10.8 Å². The van der Waals surface area contributed by atoms with Gasteiger partial charge in [0.1, 0.15) is 0 Å². The summed E-state index contributed by atoms with van der Waals surface area (Å²) in [7, 11) is 0. The molecule has 0 unspecified atom stereocenters. The average molecular weight is 268 g/mol. The van der Waals surface area contributed by atoms with Gasteiger partial charge in [-0.05, 0) is 29.5 Å². The van der Waals surface area contributed by atoms with Crippen molar-refractivity contribution in [3.05, 3.63) is 41.5 Å². The van der Waals surface area contributed by atoms with Crippen molar-refractivity contribution in [2.24, 2.45) is 0 Å². The fourth-order valence-electron chi connectivity index (χ4n) is 3.48. The van der Waals surface area contributed by atoms with Gasteiger partial charge in [0, 0.05) is 36.7 Å². The number of piperazine rings is 1. The van der Waals surface area contributed by atoms with Crippen molar-refractivity contribution in [2.75, 3.05) is 24.5 Å². The van der Waals surface area contributed by atoms with Crippen molar-refractivity contribution in [1.29, 1.82) is 0 Å². The van der Waals surface area contributed by atoms with Crippen molar-refractivity contribution >= 4 is 16.5 Å². The van der Waals surface area contributed by atoms with Gasteiger partial charge < -0.3 is 15.0 Å². The topological polar surface area (TPSA) is 24.5 Å². The fourth-order valence-corrected chi connectivity index (χ4v) is 3.48. The maximum atomic E-state index is 5.66.